The molecule has 1 unspecified atom stereocenters. The Hall–Kier alpha value is -1.40. The summed E-state index contributed by atoms with van der Waals surface area (Å²) < 4.78 is 0. The van der Waals surface area contributed by atoms with Gasteiger partial charge in [-0.25, -0.2) is 0 Å². The zero-order chi connectivity index (χ0) is 14.2. The summed E-state index contributed by atoms with van der Waals surface area (Å²) in [6.45, 7) is 3.17. The maximum absolute atomic E-state index is 11.7. The number of amides is 2. The van der Waals surface area contributed by atoms with Gasteiger partial charge in [-0.3, -0.25) is 9.59 Å². The first-order valence-electron chi connectivity index (χ1n) is 7.03. The fraction of sp³-hybridized carbons (Fsp3) is 0.571. The van der Waals surface area contributed by atoms with Gasteiger partial charge in [0.2, 0.25) is 5.91 Å². The molecule has 1 aliphatic heterocycles. The molecule has 0 spiro atoms. The van der Waals surface area contributed by atoms with Gasteiger partial charge in [-0.05, 0) is 43.3 Å². The summed E-state index contributed by atoms with van der Waals surface area (Å²) in [4.78, 5) is 23.3. The molecule has 1 aromatic heterocycles. The summed E-state index contributed by atoms with van der Waals surface area (Å²) in [6.07, 6.45) is 2.68. The number of hydrogen-bond donors (Lipinski definition) is 3. The van der Waals surface area contributed by atoms with Crippen LogP contribution >= 0.6 is 11.3 Å². The fourth-order valence-electron chi connectivity index (χ4n) is 2.23. The molecule has 2 rings (SSSR count). The lowest BCUT2D eigenvalue weighted by atomic mass is 10.00. The lowest BCUT2D eigenvalue weighted by molar-refractivity contribution is -0.121. The molecule has 0 bridgehead atoms. The maximum atomic E-state index is 11.7. The number of piperidine rings is 1. The third-order valence-corrected chi connectivity index (χ3v) is 4.09. The minimum absolute atomic E-state index is 0.00110. The van der Waals surface area contributed by atoms with E-state index in [9.17, 15) is 9.59 Å². The Morgan fingerprint density at radius 3 is 3.00 bits per heavy atom. The predicted octanol–water partition coefficient (Wildman–Crippen LogP) is 0.984. The smallest absolute Gasteiger partial charge is 0.252 e. The van der Waals surface area contributed by atoms with Gasteiger partial charge in [0.05, 0.1) is 0 Å². The highest BCUT2D eigenvalue weighted by Gasteiger charge is 2.13. The molecule has 1 saturated heterocycles. The van der Waals surface area contributed by atoms with Gasteiger partial charge >= 0.3 is 0 Å². The third kappa shape index (κ3) is 4.94. The quantitative estimate of drug-likeness (QED) is 0.733. The van der Waals surface area contributed by atoms with E-state index in [1.807, 2.05) is 5.38 Å². The average Bonchev–Trinajstić information content (AvgIpc) is 3.00. The SMILES string of the molecule is O=C(CCNC(=O)c1ccsc1)NCC1CCCNC1. The Balaban J connectivity index is 1.57. The van der Waals surface area contributed by atoms with Crippen LogP contribution in [0.4, 0.5) is 0 Å². The number of carbonyl (C=O) groups is 2. The Labute approximate surface area is 123 Å². The molecule has 1 fully saturated rings. The van der Waals surface area contributed by atoms with Crippen molar-refractivity contribution in [2.24, 2.45) is 5.92 Å². The van der Waals surface area contributed by atoms with Crippen LogP contribution < -0.4 is 16.0 Å². The van der Waals surface area contributed by atoms with Crippen molar-refractivity contribution in [3.05, 3.63) is 22.4 Å². The van der Waals surface area contributed by atoms with Gasteiger partial charge in [0.15, 0.2) is 0 Å². The molecule has 0 aromatic carbocycles. The average molecular weight is 295 g/mol. The Morgan fingerprint density at radius 2 is 2.30 bits per heavy atom. The second-order valence-electron chi connectivity index (χ2n) is 5.03. The molecule has 2 heterocycles. The summed E-state index contributed by atoms with van der Waals surface area (Å²) in [6, 6.07) is 1.77. The molecule has 1 aromatic rings. The molecule has 1 atom stereocenters. The third-order valence-electron chi connectivity index (χ3n) is 3.41. The van der Waals surface area contributed by atoms with Crippen LogP contribution in [0, 0.1) is 5.92 Å². The topological polar surface area (TPSA) is 70.2 Å². The van der Waals surface area contributed by atoms with Crippen molar-refractivity contribution in [3.63, 3.8) is 0 Å². The van der Waals surface area contributed by atoms with Gasteiger partial charge in [0.25, 0.3) is 5.91 Å². The molecule has 6 heteroatoms. The summed E-state index contributed by atoms with van der Waals surface area (Å²) in [5, 5.41) is 12.7. The summed E-state index contributed by atoms with van der Waals surface area (Å²) >= 11 is 1.49. The van der Waals surface area contributed by atoms with Gasteiger partial charge in [-0.1, -0.05) is 0 Å². The number of rotatable bonds is 6. The summed E-state index contributed by atoms with van der Waals surface area (Å²) in [5.41, 5.74) is 0.656. The standard InChI is InChI=1S/C14H21N3O2S/c18-13(17-9-11-2-1-5-15-8-11)3-6-16-14(19)12-4-7-20-10-12/h4,7,10-11,15H,1-3,5-6,8-9H2,(H,16,19)(H,17,18). The highest BCUT2D eigenvalue weighted by Crippen LogP contribution is 2.08. The van der Waals surface area contributed by atoms with Crippen molar-refractivity contribution in [1.29, 1.82) is 0 Å². The van der Waals surface area contributed by atoms with Gasteiger partial charge in [0.1, 0.15) is 0 Å². The van der Waals surface area contributed by atoms with Crippen molar-refractivity contribution in [2.45, 2.75) is 19.3 Å². The normalized spacial score (nSPS) is 18.5. The highest BCUT2D eigenvalue weighted by atomic mass is 32.1. The van der Waals surface area contributed by atoms with E-state index in [0.29, 0.717) is 24.4 Å². The van der Waals surface area contributed by atoms with Crippen molar-refractivity contribution in [3.8, 4) is 0 Å². The second kappa shape index (κ2) is 8.01. The van der Waals surface area contributed by atoms with Crippen LogP contribution in [-0.4, -0.2) is 38.0 Å². The zero-order valence-electron chi connectivity index (χ0n) is 11.5. The first kappa shape index (κ1) is 15.0. The molecule has 0 radical (unpaired) electrons. The van der Waals surface area contributed by atoms with Crippen molar-refractivity contribution in [2.75, 3.05) is 26.2 Å². The van der Waals surface area contributed by atoms with Crippen LogP contribution in [0.5, 0.6) is 0 Å². The Morgan fingerprint density at radius 1 is 1.40 bits per heavy atom. The zero-order valence-corrected chi connectivity index (χ0v) is 12.3. The molecule has 2 amide bonds. The lowest BCUT2D eigenvalue weighted by Gasteiger charge is -2.22. The van der Waals surface area contributed by atoms with Crippen LogP contribution in [0.3, 0.4) is 0 Å². The molecule has 3 N–H and O–H groups in total. The van der Waals surface area contributed by atoms with E-state index in [1.165, 1.54) is 24.2 Å². The summed E-state index contributed by atoms with van der Waals surface area (Å²) in [5.74, 6) is 0.421. The highest BCUT2D eigenvalue weighted by molar-refractivity contribution is 7.08. The van der Waals surface area contributed by atoms with Gasteiger partial charge in [-0.15, -0.1) is 0 Å². The van der Waals surface area contributed by atoms with Crippen LogP contribution in [0.1, 0.15) is 29.6 Å². The maximum Gasteiger partial charge on any atom is 0.252 e. The van der Waals surface area contributed by atoms with E-state index in [2.05, 4.69) is 16.0 Å². The predicted molar refractivity (Wildman–Crippen MR) is 79.9 cm³/mol. The fourth-order valence-corrected chi connectivity index (χ4v) is 2.87. The van der Waals surface area contributed by atoms with Crippen molar-refractivity contribution < 1.29 is 9.59 Å². The second-order valence-corrected chi connectivity index (χ2v) is 5.81. The molecule has 1 aliphatic rings. The van der Waals surface area contributed by atoms with E-state index in [1.54, 1.807) is 11.4 Å². The minimum atomic E-state index is -0.115. The lowest BCUT2D eigenvalue weighted by Crippen LogP contribution is -2.39. The molecule has 0 saturated carbocycles. The molecular weight excluding hydrogens is 274 g/mol. The monoisotopic (exact) mass is 295 g/mol. The van der Waals surface area contributed by atoms with Gasteiger partial charge in [0, 0.05) is 30.5 Å². The first-order chi connectivity index (χ1) is 9.75. The van der Waals surface area contributed by atoms with Crippen LogP contribution in [0.15, 0.2) is 16.8 Å². The van der Waals surface area contributed by atoms with E-state index in [4.69, 9.17) is 0 Å². The van der Waals surface area contributed by atoms with E-state index in [0.717, 1.165) is 19.6 Å². The molecular formula is C14H21N3O2S. The largest absolute Gasteiger partial charge is 0.356 e. The van der Waals surface area contributed by atoms with E-state index < -0.39 is 0 Å². The number of thiophene rings is 1. The first-order valence-corrected chi connectivity index (χ1v) is 7.98. The Bertz CT molecular complexity index is 428. The van der Waals surface area contributed by atoms with E-state index >= 15 is 0 Å². The molecule has 5 nitrogen and oxygen atoms in total. The van der Waals surface area contributed by atoms with Gasteiger partial charge in [-0.2, -0.15) is 11.3 Å². The van der Waals surface area contributed by atoms with Crippen molar-refractivity contribution >= 4 is 23.2 Å². The Kier molecular flexibility index (Phi) is 6.01. The molecule has 110 valence electrons. The number of nitrogens with one attached hydrogen (secondary N) is 3. The van der Waals surface area contributed by atoms with Gasteiger partial charge < -0.3 is 16.0 Å². The molecule has 20 heavy (non-hydrogen) atoms. The van der Waals surface area contributed by atoms with Crippen molar-refractivity contribution in [1.82, 2.24) is 16.0 Å². The molecule has 0 aliphatic carbocycles. The van der Waals surface area contributed by atoms with E-state index in [-0.39, 0.29) is 11.8 Å². The summed E-state index contributed by atoms with van der Waals surface area (Å²) in [7, 11) is 0. The van der Waals surface area contributed by atoms with Crippen LogP contribution in [0.2, 0.25) is 0 Å². The van der Waals surface area contributed by atoms with Crippen LogP contribution in [-0.2, 0) is 4.79 Å². The number of hydrogen-bond acceptors (Lipinski definition) is 4. The minimum Gasteiger partial charge on any atom is -0.356 e. The number of carbonyl (C=O) groups excluding carboxylic acids is 2. The van der Waals surface area contributed by atoms with Crippen LogP contribution in [0.25, 0.3) is 0 Å².